The third kappa shape index (κ3) is 4.78. The van der Waals surface area contributed by atoms with E-state index in [0.717, 1.165) is 23.7 Å². The summed E-state index contributed by atoms with van der Waals surface area (Å²) in [6.45, 7) is 1.71. The molecule has 0 N–H and O–H groups in total. The van der Waals surface area contributed by atoms with E-state index in [4.69, 9.17) is 0 Å². The molecule has 0 spiro atoms. The van der Waals surface area contributed by atoms with E-state index in [-0.39, 0.29) is 16.7 Å². The molecule has 1 aromatic rings. The maximum atomic E-state index is 12.2. The second kappa shape index (κ2) is 5.96. The first-order valence-corrected chi connectivity index (χ1v) is 6.77. The van der Waals surface area contributed by atoms with Crippen LogP contribution in [0.2, 0.25) is 0 Å². The molecule has 5 heteroatoms. The Bertz CT molecular complexity index is 350. The van der Waals surface area contributed by atoms with Crippen LogP contribution < -0.4 is 0 Å². The van der Waals surface area contributed by atoms with Gasteiger partial charge in [-0.2, -0.15) is 13.2 Å². The maximum Gasteiger partial charge on any atom is 0.446 e. The van der Waals surface area contributed by atoms with E-state index in [9.17, 15) is 13.2 Å². The van der Waals surface area contributed by atoms with Gasteiger partial charge in [-0.15, -0.1) is 0 Å². The quantitative estimate of drug-likeness (QED) is 0.561. The summed E-state index contributed by atoms with van der Waals surface area (Å²) in [5.41, 5.74) is -2.43. The van der Waals surface area contributed by atoms with E-state index in [1.54, 1.807) is 19.1 Å². The van der Waals surface area contributed by atoms with Gasteiger partial charge in [-0.05, 0) is 48.7 Å². The van der Waals surface area contributed by atoms with Crippen molar-refractivity contribution in [3.8, 4) is 0 Å². The lowest BCUT2D eigenvalue weighted by Crippen LogP contribution is -2.00. The topological polar surface area (TPSA) is 0 Å². The molecule has 0 aliphatic carbocycles. The van der Waals surface area contributed by atoms with Crippen LogP contribution in [0, 0.1) is 6.92 Å². The highest BCUT2D eigenvalue weighted by Crippen LogP contribution is 2.38. The normalized spacial score (nSPS) is 11.8. The fourth-order valence-corrected chi connectivity index (χ4v) is 2.26. The lowest BCUT2D eigenvalue weighted by atomic mass is 10.1. The molecule has 0 radical (unpaired) electrons. The van der Waals surface area contributed by atoms with Crippen molar-refractivity contribution in [1.82, 2.24) is 0 Å². The molecule has 0 aliphatic heterocycles. The average Bonchev–Trinajstić information content (AvgIpc) is 2.17. The highest BCUT2D eigenvalue weighted by atomic mass is 79.9. The van der Waals surface area contributed by atoms with Crippen LogP contribution in [0.3, 0.4) is 0 Å². The highest BCUT2D eigenvalue weighted by Gasteiger charge is 2.29. The predicted octanol–water partition coefficient (Wildman–Crippen LogP) is 4.93. The molecule has 1 rings (SSSR count). The second-order valence-electron chi connectivity index (χ2n) is 3.44. The predicted molar refractivity (Wildman–Crippen MR) is 65.2 cm³/mol. The average molecular weight is 313 g/mol. The van der Waals surface area contributed by atoms with Gasteiger partial charge in [-0.3, -0.25) is 0 Å². The molecule has 0 saturated carbocycles. The van der Waals surface area contributed by atoms with E-state index in [1.807, 2.05) is 6.07 Å². The minimum Gasteiger partial charge on any atom is -0.160 e. The van der Waals surface area contributed by atoms with Gasteiger partial charge in [-0.1, -0.05) is 28.1 Å². The van der Waals surface area contributed by atoms with Crippen molar-refractivity contribution >= 4 is 27.7 Å². The van der Waals surface area contributed by atoms with Crippen molar-refractivity contribution in [2.24, 2.45) is 0 Å². The van der Waals surface area contributed by atoms with E-state index >= 15 is 0 Å². The Hall–Kier alpha value is -0.160. The van der Waals surface area contributed by atoms with Crippen LogP contribution >= 0.6 is 27.7 Å². The molecule has 0 aromatic heterocycles. The summed E-state index contributed by atoms with van der Waals surface area (Å²) in [6, 6.07) is 5.15. The van der Waals surface area contributed by atoms with E-state index in [0.29, 0.717) is 5.56 Å². The zero-order chi connectivity index (χ0) is 12.2. The number of rotatable bonds is 4. The molecule has 1 aromatic carbocycles. The number of thioether (sulfide) groups is 1. The van der Waals surface area contributed by atoms with Crippen LogP contribution in [-0.4, -0.2) is 10.8 Å². The Balaban J connectivity index is 2.75. The van der Waals surface area contributed by atoms with Crippen LogP contribution in [-0.2, 0) is 6.42 Å². The van der Waals surface area contributed by atoms with Crippen molar-refractivity contribution in [3.63, 3.8) is 0 Å². The first-order chi connectivity index (χ1) is 7.42. The number of halogens is 4. The van der Waals surface area contributed by atoms with Gasteiger partial charge in [0.05, 0.1) is 0 Å². The number of benzene rings is 1. The van der Waals surface area contributed by atoms with Gasteiger partial charge in [0.1, 0.15) is 0 Å². The smallest absolute Gasteiger partial charge is 0.160 e. The number of aryl methyl sites for hydroxylation is 2. The van der Waals surface area contributed by atoms with Gasteiger partial charge in [0, 0.05) is 10.2 Å². The van der Waals surface area contributed by atoms with Crippen molar-refractivity contribution in [3.05, 3.63) is 29.3 Å². The summed E-state index contributed by atoms with van der Waals surface area (Å²) >= 11 is 3.28. The minimum absolute atomic E-state index is 0.0494. The lowest BCUT2D eigenvalue weighted by Gasteiger charge is -2.09. The Morgan fingerprint density at radius 2 is 2.00 bits per heavy atom. The van der Waals surface area contributed by atoms with Crippen LogP contribution in [0.1, 0.15) is 17.5 Å². The first-order valence-electron chi connectivity index (χ1n) is 4.83. The molecule has 0 heterocycles. The van der Waals surface area contributed by atoms with E-state index in [1.165, 1.54) is 0 Å². The minimum atomic E-state index is -4.21. The zero-order valence-corrected chi connectivity index (χ0v) is 11.2. The van der Waals surface area contributed by atoms with Crippen molar-refractivity contribution in [2.75, 3.05) is 5.33 Å². The fraction of sp³-hybridized carbons (Fsp3) is 0.455. The molecule has 90 valence electrons. The lowest BCUT2D eigenvalue weighted by molar-refractivity contribution is -0.0328. The Morgan fingerprint density at radius 3 is 2.50 bits per heavy atom. The van der Waals surface area contributed by atoms with Gasteiger partial charge in [0.15, 0.2) is 0 Å². The summed E-state index contributed by atoms with van der Waals surface area (Å²) in [5, 5.41) is 0.908. The third-order valence-electron chi connectivity index (χ3n) is 2.06. The van der Waals surface area contributed by atoms with E-state index in [2.05, 4.69) is 15.9 Å². The van der Waals surface area contributed by atoms with Gasteiger partial charge >= 0.3 is 5.51 Å². The van der Waals surface area contributed by atoms with Gasteiger partial charge in [-0.25, -0.2) is 0 Å². The summed E-state index contributed by atoms with van der Waals surface area (Å²) in [6.07, 6.45) is 1.88. The Labute approximate surface area is 106 Å². The summed E-state index contributed by atoms with van der Waals surface area (Å²) in [4.78, 5) is 0.287. The van der Waals surface area contributed by atoms with Crippen molar-refractivity contribution in [1.29, 1.82) is 0 Å². The highest BCUT2D eigenvalue weighted by molar-refractivity contribution is 9.09. The van der Waals surface area contributed by atoms with Crippen molar-refractivity contribution < 1.29 is 13.2 Å². The van der Waals surface area contributed by atoms with Crippen LogP contribution in [0.5, 0.6) is 0 Å². The standard InChI is InChI=1S/C11H12BrF3S/c1-8-7-9(3-2-6-12)4-5-10(8)16-11(13,14)15/h4-5,7H,2-3,6H2,1H3. The maximum absolute atomic E-state index is 12.2. The monoisotopic (exact) mass is 312 g/mol. The molecule has 0 atom stereocenters. The molecular weight excluding hydrogens is 301 g/mol. The summed E-state index contributed by atoms with van der Waals surface area (Å²) in [5.74, 6) is 0. The van der Waals surface area contributed by atoms with E-state index < -0.39 is 5.51 Å². The largest absolute Gasteiger partial charge is 0.446 e. The number of alkyl halides is 4. The van der Waals surface area contributed by atoms with Gasteiger partial charge in [0.2, 0.25) is 0 Å². The number of hydrogen-bond acceptors (Lipinski definition) is 1. The molecule has 0 saturated heterocycles. The second-order valence-corrected chi connectivity index (χ2v) is 5.34. The first kappa shape index (κ1) is 13.9. The van der Waals surface area contributed by atoms with Gasteiger partial charge in [0.25, 0.3) is 0 Å². The van der Waals surface area contributed by atoms with Crippen LogP contribution in [0.4, 0.5) is 13.2 Å². The molecule has 0 amide bonds. The van der Waals surface area contributed by atoms with Crippen molar-refractivity contribution in [2.45, 2.75) is 30.2 Å². The third-order valence-corrected chi connectivity index (χ3v) is 3.53. The zero-order valence-electron chi connectivity index (χ0n) is 8.77. The van der Waals surface area contributed by atoms with Gasteiger partial charge < -0.3 is 0 Å². The number of hydrogen-bond donors (Lipinski definition) is 0. The molecule has 0 nitrogen and oxygen atoms in total. The van der Waals surface area contributed by atoms with Crippen LogP contribution in [0.25, 0.3) is 0 Å². The fourth-order valence-electron chi connectivity index (χ4n) is 1.38. The SMILES string of the molecule is Cc1cc(CCCBr)ccc1SC(F)(F)F. The molecule has 0 bridgehead atoms. The Kier molecular flexibility index (Phi) is 5.18. The molecular formula is C11H12BrF3S. The molecule has 0 fully saturated rings. The van der Waals surface area contributed by atoms with Crippen LogP contribution in [0.15, 0.2) is 23.1 Å². The summed E-state index contributed by atoms with van der Waals surface area (Å²) < 4.78 is 36.5. The summed E-state index contributed by atoms with van der Waals surface area (Å²) in [7, 11) is 0. The molecule has 0 aliphatic rings. The molecule has 16 heavy (non-hydrogen) atoms. The Morgan fingerprint density at radius 1 is 1.31 bits per heavy atom. The molecule has 0 unspecified atom stereocenters.